The highest BCUT2D eigenvalue weighted by Crippen LogP contribution is 2.24. The monoisotopic (exact) mass is 516 g/mol. The molecule has 27 heavy (non-hydrogen) atoms. The number of aliphatic imine (C=N–C) groups is 1. The molecule has 152 valence electrons. The first-order valence-electron chi connectivity index (χ1n) is 8.41. The number of hydrogen-bond donors (Lipinski definition) is 2. The summed E-state index contributed by atoms with van der Waals surface area (Å²) in [6, 6.07) is 4.56. The van der Waals surface area contributed by atoms with Gasteiger partial charge in [-0.15, -0.1) is 24.0 Å². The van der Waals surface area contributed by atoms with Gasteiger partial charge in [-0.1, -0.05) is 18.5 Å². The number of nitrogens with zero attached hydrogens (tertiary/aromatic N) is 2. The van der Waals surface area contributed by atoms with E-state index in [2.05, 4.69) is 20.4 Å². The number of carbonyl (C=O) groups is 1. The first-order valence-corrected chi connectivity index (χ1v) is 8.79. The van der Waals surface area contributed by atoms with Gasteiger partial charge in [0, 0.05) is 49.7 Å². The number of nitrogens with one attached hydrogen (secondary N) is 2. The largest absolute Gasteiger partial charge is 0.434 e. The highest BCUT2D eigenvalue weighted by molar-refractivity contribution is 14.0. The van der Waals surface area contributed by atoms with E-state index in [1.165, 1.54) is 12.1 Å². The summed E-state index contributed by atoms with van der Waals surface area (Å²) in [5, 5.41) is 6.73. The van der Waals surface area contributed by atoms with E-state index < -0.39 is 6.61 Å². The maximum Gasteiger partial charge on any atom is 0.387 e. The molecule has 0 radical (unpaired) electrons. The summed E-state index contributed by atoms with van der Waals surface area (Å²) >= 11 is 5.95. The van der Waals surface area contributed by atoms with Crippen LogP contribution in [0.2, 0.25) is 5.02 Å². The minimum atomic E-state index is -2.91. The molecule has 1 saturated heterocycles. The number of amides is 1. The topological polar surface area (TPSA) is 66.0 Å². The van der Waals surface area contributed by atoms with Gasteiger partial charge in [0.2, 0.25) is 5.91 Å². The van der Waals surface area contributed by atoms with Gasteiger partial charge in [-0.05, 0) is 24.6 Å². The fourth-order valence-electron chi connectivity index (χ4n) is 2.79. The molecule has 1 aromatic rings. The molecule has 2 N–H and O–H groups in total. The summed E-state index contributed by atoms with van der Waals surface area (Å²) < 4.78 is 29.6. The van der Waals surface area contributed by atoms with Crippen LogP contribution >= 0.6 is 35.6 Å². The molecule has 6 nitrogen and oxygen atoms in total. The van der Waals surface area contributed by atoms with E-state index in [4.69, 9.17) is 11.6 Å². The lowest BCUT2D eigenvalue weighted by atomic mass is 10.2. The van der Waals surface area contributed by atoms with Crippen molar-refractivity contribution in [1.82, 2.24) is 15.5 Å². The van der Waals surface area contributed by atoms with Crippen LogP contribution in [0.25, 0.3) is 0 Å². The van der Waals surface area contributed by atoms with Crippen molar-refractivity contribution in [2.24, 2.45) is 4.99 Å². The summed E-state index contributed by atoms with van der Waals surface area (Å²) in [7, 11) is 1.62. The van der Waals surface area contributed by atoms with Crippen molar-refractivity contribution in [3.63, 3.8) is 0 Å². The molecule has 1 amide bonds. The predicted molar refractivity (Wildman–Crippen MR) is 112 cm³/mol. The van der Waals surface area contributed by atoms with Gasteiger partial charge in [-0.3, -0.25) is 9.79 Å². The maximum atomic E-state index is 12.5. The third-order valence-corrected chi connectivity index (χ3v) is 4.33. The molecule has 0 saturated carbocycles. The molecule has 1 aliphatic heterocycles. The van der Waals surface area contributed by atoms with Crippen molar-refractivity contribution in [2.75, 3.05) is 20.1 Å². The van der Waals surface area contributed by atoms with Gasteiger partial charge in [0.05, 0.1) is 0 Å². The van der Waals surface area contributed by atoms with Crippen molar-refractivity contribution >= 4 is 47.4 Å². The quantitative estimate of drug-likeness (QED) is 0.346. The number of rotatable bonds is 6. The number of ether oxygens (including phenoxy) is 1. The SMILES string of the molecule is CCC(=O)N1CCC(NC(=NC)NCc2cc(Cl)ccc2OC(F)F)C1.I. The molecule has 2 rings (SSSR count). The minimum absolute atomic E-state index is 0. The molecule has 1 unspecified atom stereocenters. The zero-order valence-electron chi connectivity index (χ0n) is 15.2. The number of guanidine groups is 1. The third-order valence-electron chi connectivity index (χ3n) is 4.09. The summed E-state index contributed by atoms with van der Waals surface area (Å²) in [5.41, 5.74) is 0.495. The van der Waals surface area contributed by atoms with Gasteiger partial charge in [-0.2, -0.15) is 8.78 Å². The molecule has 0 spiro atoms. The molecule has 1 aromatic carbocycles. The highest BCUT2D eigenvalue weighted by atomic mass is 127. The Morgan fingerprint density at radius 2 is 2.22 bits per heavy atom. The van der Waals surface area contributed by atoms with Crippen LogP contribution < -0.4 is 15.4 Å². The minimum Gasteiger partial charge on any atom is -0.434 e. The van der Waals surface area contributed by atoms with Crippen LogP contribution in [0, 0.1) is 0 Å². The van der Waals surface area contributed by atoms with Crippen molar-refractivity contribution in [3.8, 4) is 5.75 Å². The molecule has 10 heteroatoms. The smallest absolute Gasteiger partial charge is 0.387 e. The number of hydrogen-bond acceptors (Lipinski definition) is 3. The Hall–Kier alpha value is -1.36. The molecule has 1 atom stereocenters. The van der Waals surface area contributed by atoms with E-state index in [0.717, 1.165) is 6.42 Å². The van der Waals surface area contributed by atoms with Crippen molar-refractivity contribution < 1.29 is 18.3 Å². The third kappa shape index (κ3) is 7.28. The Labute approximate surface area is 179 Å². The van der Waals surface area contributed by atoms with Crippen molar-refractivity contribution in [2.45, 2.75) is 39.0 Å². The zero-order valence-corrected chi connectivity index (χ0v) is 18.3. The lowest BCUT2D eigenvalue weighted by molar-refractivity contribution is -0.129. The molecule has 1 fully saturated rings. The van der Waals surface area contributed by atoms with E-state index in [0.29, 0.717) is 36.1 Å². The summed E-state index contributed by atoms with van der Waals surface area (Å²) in [6.45, 7) is 0.472. The van der Waals surface area contributed by atoms with Gasteiger partial charge in [-0.25, -0.2) is 0 Å². The van der Waals surface area contributed by atoms with E-state index in [-0.39, 0.29) is 48.2 Å². The van der Waals surface area contributed by atoms with E-state index in [1.54, 1.807) is 13.1 Å². The maximum absolute atomic E-state index is 12.5. The number of benzene rings is 1. The standard InChI is InChI=1S/C17H23ClF2N4O2.HI/c1-3-15(25)24-7-6-13(10-24)23-17(21-2)22-9-11-8-12(18)4-5-14(11)26-16(19)20;/h4-5,8,13,16H,3,6-7,9-10H2,1-2H3,(H2,21,22,23);1H. The van der Waals surface area contributed by atoms with Gasteiger partial charge >= 0.3 is 6.61 Å². The second kappa shape index (κ2) is 11.5. The average molecular weight is 517 g/mol. The number of likely N-dealkylation sites (tertiary alicyclic amines) is 1. The van der Waals surface area contributed by atoms with E-state index in [1.807, 2.05) is 11.8 Å². The fourth-order valence-corrected chi connectivity index (χ4v) is 2.99. The molecule has 1 aliphatic rings. The Morgan fingerprint density at radius 1 is 1.48 bits per heavy atom. The van der Waals surface area contributed by atoms with Crippen molar-refractivity contribution in [3.05, 3.63) is 28.8 Å². The second-order valence-corrected chi connectivity index (χ2v) is 6.32. The van der Waals surface area contributed by atoms with Crippen LogP contribution in [-0.4, -0.2) is 49.6 Å². The van der Waals surface area contributed by atoms with Crippen LogP contribution in [0.15, 0.2) is 23.2 Å². The fraction of sp³-hybridized carbons (Fsp3) is 0.529. The number of alkyl halides is 2. The van der Waals surface area contributed by atoms with Gasteiger partial charge in [0.25, 0.3) is 0 Å². The van der Waals surface area contributed by atoms with Crippen LogP contribution in [0.4, 0.5) is 8.78 Å². The van der Waals surface area contributed by atoms with Gasteiger partial charge < -0.3 is 20.3 Å². The molecular weight excluding hydrogens is 493 g/mol. The van der Waals surface area contributed by atoms with Gasteiger partial charge in [0.1, 0.15) is 5.75 Å². The van der Waals surface area contributed by atoms with E-state index >= 15 is 0 Å². The predicted octanol–water partition coefficient (Wildman–Crippen LogP) is 3.24. The summed E-state index contributed by atoms with van der Waals surface area (Å²) in [6.07, 6.45) is 1.31. The first-order chi connectivity index (χ1) is 12.4. The molecular formula is C17H24ClF2IN4O2. The highest BCUT2D eigenvalue weighted by Gasteiger charge is 2.25. The molecule has 0 bridgehead atoms. The average Bonchev–Trinajstić information content (AvgIpc) is 3.08. The lowest BCUT2D eigenvalue weighted by Gasteiger charge is -2.19. The Kier molecular flexibility index (Phi) is 10.1. The van der Waals surface area contributed by atoms with Crippen molar-refractivity contribution in [1.29, 1.82) is 0 Å². The van der Waals surface area contributed by atoms with Gasteiger partial charge in [0.15, 0.2) is 5.96 Å². The summed E-state index contributed by atoms with van der Waals surface area (Å²) in [4.78, 5) is 17.7. The summed E-state index contributed by atoms with van der Waals surface area (Å²) in [5.74, 6) is 0.710. The lowest BCUT2D eigenvalue weighted by Crippen LogP contribution is -2.44. The van der Waals surface area contributed by atoms with Crippen LogP contribution in [0.3, 0.4) is 0 Å². The van der Waals surface area contributed by atoms with E-state index in [9.17, 15) is 13.6 Å². The molecule has 1 heterocycles. The van der Waals surface area contributed by atoms with Crippen LogP contribution in [-0.2, 0) is 11.3 Å². The number of carbonyl (C=O) groups excluding carboxylic acids is 1. The molecule has 0 aliphatic carbocycles. The molecule has 0 aromatic heterocycles. The Morgan fingerprint density at radius 3 is 2.85 bits per heavy atom. The number of halogens is 4. The van der Waals surface area contributed by atoms with Crippen LogP contribution in [0.1, 0.15) is 25.3 Å². The Balaban J connectivity index is 0.00000364. The second-order valence-electron chi connectivity index (χ2n) is 5.88. The first kappa shape index (κ1) is 23.7. The Bertz CT molecular complexity index is 664. The zero-order chi connectivity index (χ0) is 19.1. The normalized spacial score (nSPS) is 16.9. The van der Waals surface area contributed by atoms with Crippen LogP contribution in [0.5, 0.6) is 5.75 Å².